The van der Waals surface area contributed by atoms with Crippen molar-refractivity contribution in [2.75, 3.05) is 27.1 Å². The fourth-order valence-corrected chi connectivity index (χ4v) is 3.01. The Kier molecular flexibility index (Phi) is 8.61. The monoisotopic (exact) mass is 415 g/mol. The van der Waals surface area contributed by atoms with Crippen LogP contribution in [0.4, 0.5) is 0 Å². The Labute approximate surface area is 175 Å². The van der Waals surface area contributed by atoms with Gasteiger partial charge in [-0.1, -0.05) is 12.1 Å². The Morgan fingerprint density at radius 3 is 2.45 bits per heavy atom. The lowest BCUT2D eigenvalue weighted by atomic mass is 10.1. The summed E-state index contributed by atoms with van der Waals surface area (Å²) in [5.74, 6) is 0.296. The number of rotatable bonds is 9. The van der Waals surface area contributed by atoms with Gasteiger partial charge in [-0.3, -0.25) is 4.79 Å². The molecular weight excluding hydrogens is 390 g/mol. The maximum absolute atomic E-state index is 12.1. The maximum atomic E-state index is 12.1. The van der Waals surface area contributed by atoms with E-state index in [9.17, 15) is 9.59 Å². The second-order valence-electron chi connectivity index (χ2n) is 6.11. The number of esters is 1. The molecule has 1 atom stereocenters. The zero-order valence-corrected chi connectivity index (χ0v) is 17.7. The topological polar surface area (TPSA) is 73.9 Å². The number of thioether (sulfide) groups is 1. The molecule has 0 radical (unpaired) electrons. The largest absolute Gasteiger partial charge is 0.497 e. The first-order valence-corrected chi connectivity index (χ1v) is 10.2. The van der Waals surface area contributed by atoms with E-state index in [4.69, 9.17) is 14.2 Å². The molecule has 7 heteroatoms. The molecule has 0 bridgehead atoms. The van der Waals surface area contributed by atoms with E-state index in [-0.39, 0.29) is 12.6 Å². The zero-order valence-electron chi connectivity index (χ0n) is 16.9. The molecule has 0 unspecified atom stereocenters. The van der Waals surface area contributed by atoms with Crippen LogP contribution in [-0.4, -0.2) is 39.0 Å². The highest BCUT2D eigenvalue weighted by atomic mass is 32.2. The summed E-state index contributed by atoms with van der Waals surface area (Å²) in [7, 11) is 3.13. The van der Waals surface area contributed by atoms with Gasteiger partial charge in [-0.25, -0.2) is 4.79 Å². The minimum Gasteiger partial charge on any atom is -0.497 e. The van der Waals surface area contributed by atoms with E-state index in [1.54, 1.807) is 50.3 Å². The third kappa shape index (κ3) is 6.87. The molecule has 1 amide bonds. The van der Waals surface area contributed by atoms with E-state index < -0.39 is 11.9 Å². The van der Waals surface area contributed by atoms with Crippen LogP contribution in [0.15, 0.2) is 53.4 Å². The third-order valence-corrected chi connectivity index (χ3v) is 4.90. The number of methoxy groups -OCH3 is 2. The van der Waals surface area contributed by atoms with Crippen molar-refractivity contribution in [1.82, 2.24) is 5.32 Å². The molecule has 0 saturated heterocycles. The van der Waals surface area contributed by atoms with E-state index in [2.05, 4.69) is 5.32 Å². The van der Waals surface area contributed by atoms with Crippen LogP contribution >= 0.6 is 11.8 Å². The van der Waals surface area contributed by atoms with Crippen LogP contribution in [0.5, 0.6) is 11.5 Å². The standard InChI is InChI=1S/C22H25NO5S/c1-15(19-13-17(26-2)8-11-20(19)27-3)23-21(24)14-28-22(25)12-7-16-5-9-18(29-4)10-6-16/h5-13,15H,14H2,1-4H3,(H,23,24)/b12-7+/t15-/m1/s1. The van der Waals surface area contributed by atoms with Crippen LogP contribution in [0.1, 0.15) is 24.1 Å². The van der Waals surface area contributed by atoms with Gasteiger partial charge in [0.2, 0.25) is 0 Å². The summed E-state index contributed by atoms with van der Waals surface area (Å²) >= 11 is 1.65. The van der Waals surface area contributed by atoms with Gasteiger partial charge >= 0.3 is 5.97 Å². The zero-order chi connectivity index (χ0) is 21.2. The molecule has 0 aliphatic carbocycles. The molecule has 0 aliphatic rings. The Morgan fingerprint density at radius 1 is 1.10 bits per heavy atom. The minimum atomic E-state index is -0.583. The molecule has 6 nitrogen and oxygen atoms in total. The number of nitrogens with one attached hydrogen (secondary N) is 1. The van der Waals surface area contributed by atoms with Crippen molar-refractivity contribution in [2.45, 2.75) is 17.9 Å². The van der Waals surface area contributed by atoms with Gasteiger partial charge in [0.05, 0.1) is 20.3 Å². The normalized spacial score (nSPS) is 11.7. The van der Waals surface area contributed by atoms with E-state index in [0.717, 1.165) is 16.0 Å². The minimum absolute atomic E-state index is 0.350. The molecular formula is C22H25NO5S. The van der Waals surface area contributed by atoms with E-state index in [1.807, 2.05) is 37.4 Å². The summed E-state index contributed by atoms with van der Waals surface area (Å²) in [6, 6.07) is 12.7. The Balaban J connectivity index is 1.87. The number of carbonyl (C=O) groups is 2. The third-order valence-electron chi connectivity index (χ3n) is 4.15. The molecule has 154 valence electrons. The van der Waals surface area contributed by atoms with Crippen molar-refractivity contribution in [3.63, 3.8) is 0 Å². The summed E-state index contributed by atoms with van der Waals surface area (Å²) in [5.41, 5.74) is 1.64. The summed E-state index contributed by atoms with van der Waals surface area (Å²) in [5, 5.41) is 2.79. The number of benzene rings is 2. The molecule has 0 saturated carbocycles. The summed E-state index contributed by atoms with van der Waals surface area (Å²) in [6.45, 7) is 1.44. The van der Waals surface area contributed by atoms with Crippen molar-refractivity contribution in [1.29, 1.82) is 0 Å². The van der Waals surface area contributed by atoms with Crippen molar-refractivity contribution >= 4 is 29.7 Å². The fourth-order valence-electron chi connectivity index (χ4n) is 2.60. The highest BCUT2D eigenvalue weighted by molar-refractivity contribution is 7.98. The molecule has 29 heavy (non-hydrogen) atoms. The summed E-state index contributed by atoms with van der Waals surface area (Å²) < 4.78 is 15.6. The highest BCUT2D eigenvalue weighted by Gasteiger charge is 2.16. The van der Waals surface area contributed by atoms with Crippen LogP contribution in [0.2, 0.25) is 0 Å². The highest BCUT2D eigenvalue weighted by Crippen LogP contribution is 2.29. The summed E-state index contributed by atoms with van der Waals surface area (Å²) in [4.78, 5) is 25.1. The van der Waals surface area contributed by atoms with Crippen LogP contribution in [-0.2, 0) is 14.3 Å². The summed E-state index contributed by atoms with van der Waals surface area (Å²) in [6.07, 6.45) is 4.95. The molecule has 0 aromatic heterocycles. The number of hydrogen-bond acceptors (Lipinski definition) is 6. The van der Waals surface area contributed by atoms with E-state index in [0.29, 0.717) is 11.5 Å². The van der Waals surface area contributed by atoms with Crippen molar-refractivity contribution in [3.8, 4) is 11.5 Å². The van der Waals surface area contributed by atoms with Crippen LogP contribution < -0.4 is 14.8 Å². The number of amides is 1. The van der Waals surface area contributed by atoms with Gasteiger partial charge in [0.15, 0.2) is 6.61 Å². The SMILES string of the molecule is COc1ccc(OC)c([C@@H](C)NC(=O)COC(=O)/C=C/c2ccc(SC)cc2)c1. The molecule has 2 aromatic rings. The molecule has 2 rings (SSSR count). The maximum Gasteiger partial charge on any atom is 0.331 e. The van der Waals surface area contributed by atoms with Gasteiger partial charge in [-0.05, 0) is 55.2 Å². The molecule has 0 heterocycles. The first kappa shape index (κ1) is 22.4. The second kappa shape index (κ2) is 11.2. The van der Waals surface area contributed by atoms with Crippen LogP contribution in [0, 0.1) is 0 Å². The first-order valence-electron chi connectivity index (χ1n) is 8.97. The smallest absolute Gasteiger partial charge is 0.331 e. The average molecular weight is 416 g/mol. The van der Waals surface area contributed by atoms with Gasteiger partial charge in [0.25, 0.3) is 5.91 Å². The molecule has 0 aliphatic heterocycles. The molecule has 1 N–H and O–H groups in total. The van der Waals surface area contributed by atoms with Crippen molar-refractivity contribution < 1.29 is 23.8 Å². The Morgan fingerprint density at radius 2 is 1.83 bits per heavy atom. The van der Waals surface area contributed by atoms with Gasteiger partial charge in [0.1, 0.15) is 11.5 Å². The lowest BCUT2D eigenvalue weighted by Gasteiger charge is -2.18. The Hall–Kier alpha value is -2.93. The van der Waals surface area contributed by atoms with Gasteiger partial charge in [-0.2, -0.15) is 0 Å². The van der Waals surface area contributed by atoms with Gasteiger partial charge in [-0.15, -0.1) is 11.8 Å². The van der Waals surface area contributed by atoms with E-state index in [1.165, 1.54) is 6.08 Å². The quantitative estimate of drug-likeness (QED) is 0.381. The lowest BCUT2D eigenvalue weighted by Crippen LogP contribution is -2.31. The van der Waals surface area contributed by atoms with Crippen LogP contribution in [0.3, 0.4) is 0 Å². The van der Waals surface area contributed by atoms with Gasteiger partial charge in [0, 0.05) is 16.5 Å². The predicted octanol–water partition coefficient (Wildman–Crippen LogP) is 3.86. The lowest BCUT2D eigenvalue weighted by molar-refractivity contribution is -0.144. The molecule has 0 spiro atoms. The average Bonchev–Trinajstić information content (AvgIpc) is 2.75. The molecule has 2 aromatic carbocycles. The molecule has 0 fully saturated rings. The fraction of sp³-hybridized carbons (Fsp3) is 0.273. The first-order chi connectivity index (χ1) is 14.0. The number of ether oxygens (including phenoxy) is 3. The second-order valence-corrected chi connectivity index (χ2v) is 6.99. The number of hydrogen-bond donors (Lipinski definition) is 1. The van der Waals surface area contributed by atoms with Crippen molar-refractivity contribution in [3.05, 3.63) is 59.7 Å². The Bertz CT molecular complexity index is 864. The number of carbonyl (C=O) groups excluding carboxylic acids is 2. The predicted molar refractivity (Wildman–Crippen MR) is 114 cm³/mol. The van der Waals surface area contributed by atoms with Crippen molar-refractivity contribution in [2.24, 2.45) is 0 Å². The van der Waals surface area contributed by atoms with Crippen LogP contribution in [0.25, 0.3) is 6.08 Å². The van der Waals surface area contributed by atoms with Gasteiger partial charge < -0.3 is 19.5 Å². The van der Waals surface area contributed by atoms with E-state index >= 15 is 0 Å².